The van der Waals surface area contributed by atoms with Crippen molar-refractivity contribution in [3.63, 3.8) is 0 Å². The molecule has 1 N–H and O–H groups in total. The highest BCUT2D eigenvalue weighted by Crippen LogP contribution is 2.10. The number of benzene rings is 2. The Bertz CT molecular complexity index is 556. The van der Waals surface area contributed by atoms with Crippen LogP contribution in [0.5, 0.6) is 5.75 Å². The third-order valence-corrected chi connectivity index (χ3v) is 2.78. The molecule has 2 rings (SSSR count). The van der Waals surface area contributed by atoms with Crippen LogP contribution in [0, 0.1) is 0 Å². The van der Waals surface area contributed by atoms with Gasteiger partial charge in [0, 0.05) is 18.3 Å². The van der Waals surface area contributed by atoms with Gasteiger partial charge in [0.15, 0.2) is 0 Å². The number of carbonyl (C=O) groups is 1. The van der Waals surface area contributed by atoms with Crippen molar-refractivity contribution in [3.8, 4) is 5.75 Å². The maximum absolute atomic E-state index is 10.5. The monoisotopic (exact) mass is 253 g/mol. The van der Waals surface area contributed by atoms with E-state index in [2.05, 4.69) is 4.99 Å². The molecule has 0 amide bonds. The fourth-order valence-corrected chi connectivity index (χ4v) is 1.69. The standard InChI is InChI=1S/C16H15NO2/c18-12-15-3-1-14(2-4-15)11-17-10-9-13-5-7-16(19)8-6-13/h1-8,11-12,19H,9-10H2. The van der Waals surface area contributed by atoms with Crippen molar-refractivity contribution in [3.05, 3.63) is 65.2 Å². The van der Waals surface area contributed by atoms with Gasteiger partial charge in [-0.05, 0) is 29.7 Å². The lowest BCUT2D eigenvalue weighted by molar-refractivity contribution is 0.112. The molecule has 0 saturated carbocycles. The SMILES string of the molecule is O=Cc1ccc(C=NCCc2ccc(O)cc2)cc1. The molecule has 96 valence electrons. The number of rotatable bonds is 5. The van der Waals surface area contributed by atoms with Gasteiger partial charge in [0.05, 0.1) is 0 Å². The van der Waals surface area contributed by atoms with E-state index in [1.165, 1.54) is 0 Å². The van der Waals surface area contributed by atoms with Crippen LogP contribution in [0.4, 0.5) is 0 Å². The number of nitrogens with zero attached hydrogens (tertiary/aromatic N) is 1. The fourth-order valence-electron chi connectivity index (χ4n) is 1.69. The van der Waals surface area contributed by atoms with E-state index in [1.54, 1.807) is 30.5 Å². The van der Waals surface area contributed by atoms with Crippen LogP contribution in [0.15, 0.2) is 53.5 Å². The van der Waals surface area contributed by atoms with Crippen LogP contribution in [-0.4, -0.2) is 24.2 Å². The molecule has 0 fully saturated rings. The molecule has 19 heavy (non-hydrogen) atoms. The van der Waals surface area contributed by atoms with Crippen molar-refractivity contribution in [2.45, 2.75) is 6.42 Å². The maximum atomic E-state index is 10.5. The second kappa shape index (κ2) is 6.50. The number of hydrogen-bond donors (Lipinski definition) is 1. The van der Waals surface area contributed by atoms with E-state index < -0.39 is 0 Å². The number of aromatic hydroxyl groups is 1. The quantitative estimate of drug-likeness (QED) is 0.658. The molecule has 3 heteroatoms. The molecule has 0 atom stereocenters. The zero-order chi connectivity index (χ0) is 13.5. The minimum Gasteiger partial charge on any atom is -0.508 e. The zero-order valence-electron chi connectivity index (χ0n) is 10.5. The first-order valence-electron chi connectivity index (χ1n) is 6.11. The number of phenolic OH excluding ortho intramolecular Hbond substituents is 1. The highest BCUT2D eigenvalue weighted by Gasteiger charge is 1.93. The number of hydrogen-bond acceptors (Lipinski definition) is 3. The lowest BCUT2D eigenvalue weighted by Gasteiger charge is -1.98. The van der Waals surface area contributed by atoms with E-state index in [9.17, 15) is 4.79 Å². The van der Waals surface area contributed by atoms with Crippen LogP contribution < -0.4 is 0 Å². The fraction of sp³-hybridized carbons (Fsp3) is 0.125. The Morgan fingerprint density at radius 3 is 2.21 bits per heavy atom. The van der Waals surface area contributed by atoms with Crippen molar-refractivity contribution in [2.75, 3.05) is 6.54 Å². The van der Waals surface area contributed by atoms with Gasteiger partial charge in [-0.2, -0.15) is 0 Å². The molecule has 3 nitrogen and oxygen atoms in total. The van der Waals surface area contributed by atoms with Crippen LogP contribution in [0.1, 0.15) is 21.5 Å². The first-order chi connectivity index (χ1) is 9.28. The first-order valence-corrected chi connectivity index (χ1v) is 6.11. The summed E-state index contributed by atoms with van der Waals surface area (Å²) in [5, 5.41) is 9.17. The molecule has 2 aromatic rings. The lowest BCUT2D eigenvalue weighted by atomic mass is 10.1. The maximum Gasteiger partial charge on any atom is 0.150 e. The summed E-state index contributed by atoms with van der Waals surface area (Å²) >= 11 is 0. The third-order valence-electron chi connectivity index (χ3n) is 2.78. The van der Waals surface area contributed by atoms with Crippen LogP contribution in [-0.2, 0) is 6.42 Å². The molecule has 0 aromatic heterocycles. The Hall–Kier alpha value is -2.42. The highest BCUT2D eigenvalue weighted by molar-refractivity contribution is 5.82. The van der Waals surface area contributed by atoms with Crippen molar-refractivity contribution in [1.82, 2.24) is 0 Å². The molecule has 0 bridgehead atoms. The van der Waals surface area contributed by atoms with Gasteiger partial charge in [0.1, 0.15) is 12.0 Å². The average Bonchev–Trinajstić information content (AvgIpc) is 2.46. The van der Waals surface area contributed by atoms with Gasteiger partial charge in [-0.15, -0.1) is 0 Å². The molecule has 0 aliphatic rings. The van der Waals surface area contributed by atoms with Gasteiger partial charge in [0.25, 0.3) is 0 Å². The van der Waals surface area contributed by atoms with Crippen molar-refractivity contribution < 1.29 is 9.90 Å². The molecule has 0 spiro atoms. The van der Waals surface area contributed by atoms with E-state index in [-0.39, 0.29) is 5.75 Å². The van der Waals surface area contributed by atoms with Crippen LogP contribution in [0.25, 0.3) is 0 Å². The Morgan fingerprint density at radius 2 is 1.58 bits per heavy atom. The molecular weight excluding hydrogens is 238 g/mol. The molecule has 0 saturated heterocycles. The van der Waals surface area contributed by atoms with Crippen LogP contribution in [0.3, 0.4) is 0 Å². The molecule has 0 aliphatic carbocycles. The topological polar surface area (TPSA) is 49.7 Å². The Morgan fingerprint density at radius 1 is 0.947 bits per heavy atom. The Kier molecular flexibility index (Phi) is 4.45. The predicted molar refractivity (Wildman–Crippen MR) is 76.1 cm³/mol. The summed E-state index contributed by atoms with van der Waals surface area (Å²) < 4.78 is 0. The van der Waals surface area contributed by atoms with E-state index >= 15 is 0 Å². The summed E-state index contributed by atoms with van der Waals surface area (Å²) in [6.07, 6.45) is 3.46. The number of aldehydes is 1. The predicted octanol–water partition coefficient (Wildman–Crippen LogP) is 2.87. The van der Waals surface area contributed by atoms with Crippen molar-refractivity contribution >= 4 is 12.5 Å². The van der Waals surface area contributed by atoms with Gasteiger partial charge in [-0.1, -0.05) is 36.4 Å². The van der Waals surface area contributed by atoms with Crippen LogP contribution >= 0.6 is 0 Å². The van der Waals surface area contributed by atoms with Crippen LogP contribution in [0.2, 0.25) is 0 Å². The van der Waals surface area contributed by atoms with E-state index in [0.29, 0.717) is 12.1 Å². The van der Waals surface area contributed by atoms with Crippen molar-refractivity contribution in [1.29, 1.82) is 0 Å². The zero-order valence-corrected chi connectivity index (χ0v) is 10.5. The Labute approximate surface area is 112 Å². The number of carbonyl (C=O) groups excluding carboxylic acids is 1. The van der Waals surface area contributed by atoms with Crippen molar-refractivity contribution in [2.24, 2.45) is 4.99 Å². The van der Waals surface area contributed by atoms with Gasteiger partial charge in [-0.3, -0.25) is 9.79 Å². The smallest absolute Gasteiger partial charge is 0.150 e. The van der Waals surface area contributed by atoms with Gasteiger partial charge in [0.2, 0.25) is 0 Å². The summed E-state index contributed by atoms with van der Waals surface area (Å²) in [7, 11) is 0. The molecule has 0 radical (unpaired) electrons. The van der Waals surface area contributed by atoms with E-state index in [4.69, 9.17) is 5.11 Å². The third kappa shape index (κ3) is 4.07. The minimum atomic E-state index is 0.280. The van der Waals surface area contributed by atoms with Gasteiger partial charge >= 0.3 is 0 Å². The number of aliphatic imine (C=N–C) groups is 1. The Balaban J connectivity index is 1.85. The van der Waals surface area contributed by atoms with Gasteiger partial charge < -0.3 is 5.11 Å². The second-order valence-corrected chi connectivity index (χ2v) is 4.24. The first kappa shape index (κ1) is 13.0. The molecule has 0 heterocycles. The summed E-state index contributed by atoms with van der Waals surface area (Å²) in [5.74, 6) is 0.280. The van der Waals surface area contributed by atoms with Gasteiger partial charge in [-0.25, -0.2) is 0 Å². The summed E-state index contributed by atoms with van der Waals surface area (Å²) in [6.45, 7) is 0.695. The summed E-state index contributed by atoms with van der Waals surface area (Å²) in [5.41, 5.74) is 2.80. The van der Waals surface area contributed by atoms with E-state index in [0.717, 1.165) is 23.8 Å². The molecule has 0 aliphatic heterocycles. The number of phenols is 1. The second-order valence-electron chi connectivity index (χ2n) is 4.24. The summed E-state index contributed by atoms with van der Waals surface area (Å²) in [6, 6.07) is 14.4. The minimum absolute atomic E-state index is 0.280. The normalized spacial score (nSPS) is 10.7. The largest absolute Gasteiger partial charge is 0.508 e. The molecule has 2 aromatic carbocycles. The molecule has 0 unspecified atom stereocenters. The average molecular weight is 253 g/mol. The van der Waals surface area contributed by atoms with E-state index in [1.807, 2.05) is 24.3 Å². The lowest BCUT2D eigenvalue weighted by Crippen LogP contribution is -1.90. The highest BCUT2D eigenvalue weighted by atomic mass is 16.3. The molecular formula is C16H15NO2. The summed E-state index contributed by atoms with van der Waals surface area (Å²) in [4.78, 5) is 14.8.